The number of alkyl halides is 1. The van der Waals surface area contributed by atoms with Crippen LogP contribution in [0.2, 0.25) is 0 Å². The summed E-state index contributed by atoms with van der Waals surface area (Å²) in [5.41, 5.74) is 1.62. The number of H-pyrrole nitrogens is 1. The fourth-order valence-corrected chi connectivity index (χ4v) is 2.08. The highest BCUT2D eigenvalue weighted by Crippen LogP contribution is 2.29. The van der Waals surface area contributed by atoms with Crippen molar-refractivity contribution in [2.45, 2.75) is 13.3 Å². The van der Waals surface area contributed by atoms with E-state index in [4.69, 9.17) is 4.74 Å². The van der Waals surface area contributed by atoms with Crippen LogP contribution >= 0.6 is 15.9 Å². The number of Topliss-reactive ketones (excluding diaryl/α,β-unsaturated/α-hetero) is 1. The first-order valence-electron chi connectivity index (χ1n) is 5.60. The quantitative estimate of drug-likeness (QED) is 0.677. The molecule has 90 valence electrons. The molecule has 17 heavy (non-hydrogen) atoms. The van der Waals surface area contributed by atoms with Gasteiger partial charge in [0.1, 0.15) is 5.75 Å². The van der Waals surface area contributed by atoms with E-state index in [-0.39, 0.29) is 5.78 Å². The second-order valence-corrected chi connectivity index (χ2v) is 4.35. The summed E-state index contributed by atoms with van der Waals surface area (Å²) in [4.78, 5) is 14.9. The van der Waals surface area contributed by atoms with Gasteiger partial charge in [-0.15, -0.1) is 0 Å². The van der Waals surface area contributed by atoms with Gasteiger partial charge in [-0.05, 0) is 18.6 Å². The van der Waals surface area contributed by atoms with Crippen molar-refractivity contribution in [1.29, 1.82) is 0 Å². The van der Waals surface area contributed by atoms with Crippen LogP contribution in [0.15, 0.2) is 24.4 Å². The Kier molecular flexibility index (Phi) is 3.84. The maximum absolute atomic E-state index is 11.8. The fraction of sp³-hybridized carbons (Fsp3) is 0.308. The van der Waals surface area contributed by atoms with E-state index < -0.39 is 0 Å². The lowest BCUT2D eigenvalue weighted by molar-refractivity contribution is 0.102. The van der Waals surface area contributed by atoms with Crippen LogP contribution in [-0.4, -0.2) is 22.7 Å². The number of hydrogen-bond donors (Lipinski definition) is 1. The molecule has 0 aliphatic carbocycles. The van der Waals surface area contributed by atoms with E-state index in [1.807, 2.05) is 18.2 Å². The largest absolute Gasteiger partial charge is 0.493 e. The molecule has 1 N–H and O–H groups in total. The van der Waals surface area contributed by atoms with Gasteiger partial charge >= 0.3 is 0 Å². The number of carbonyl (C=O) groups is 1. The third kappa shape index (κ3) is 2.36. The first kappa shape index (κ1) is 12.2. The lowest BCUT2D eigenvalue weighted by Gasteiger charge is -2.07. The molecule has 0 spiro atoms. The van der Waals surface area contributed by atoms with Crippen molar-refractivity contribution in [2.24, 2.45) is 0 Å². The summed E-state index contributed by atoms with van der Waals surface area (Å²) in [5, 5.41) is 1.20. The zero-order valence-corrected chi connectivity index (χ0v) is 11.2. The number of benzene rings is 1. The molecule has 1 aromatic heterocycles. The number of aromatic nitrogens is 1. The summed E-state index contributed by atoms with van der Waals surface area (Å²) in [7, 11) is 0. The monoisotopic (exact) mass is 295 g/mol. The third-order valence-corrected chi connectivity index (χ3v) is 3.06. The third-order valence-electron chi connectivity index (χ3n) is 2.55. The van der Waals surface area contributed by atoms with Crippen molar-refractivity contribution in [3.8, 4) is 5.75 Å². The zero-order valence-electron chi connectivity index (χ0n) is 9.63. The molecule has 1 heterocycles. The van der Waals surface area contributed by atoms with Gasteiger partial charge in [0.15, 0.2) is 5.78 Å². The molecule has 0 atom stereocenters. The summed E-state index contributed by atoms with van der Waals surface area (Å²) in [6, 6.07) is 5.77. The lowest BCUT2D eigenvalue weighted by atomic mass is 10.1. The van der Waals surface area contributed by atoms with Gasteiger partial charge in [-0.3, -0.25) is 4.79 Å². The van der Waals surface area contributed by atoms with Crippen LogP contribution in [0.1, 0.15) is 23.7 Å². The van der Waals surface area contributed by atoms with Crippen LogP contribution < -0.4 is 4.74 Å². The van der Waals surface area contributed by atoms with E-state index in [2.05, 4.69) is 27.8 Å². The van der Waals surface area contributed by atoms with Gasteiger partial charge in [-0.1, -0.05) is 28.9 Å². The topological polar surface area (TPSA) is 42.1 Å². The van der Waals surface area contributed by atoms with E-state index in [0.29, 0.717) is 17.5 Å². The molecule has 0 amide bonds. The van der Waals surface area contributed by atoms with Gasteiger partial charge in [0, 0.05) is 17.3 Å². The molecule has 4 heteroatoms. The molecule has 1 aromatic carbocycles. The predicted molar refractivity (Wildman–Crippen MR) is 72.2 cm³/mol. The summed E-state index contributed by atoms with van der Waals surface area (Å²) < 4.78 is 5.67. The minimum Gasteiger partial charge on any atom is -0.493 e. The number of ketones is 1. The van der Waals surface area contributed by atoms with Crippen LogP contribution in [0, 0.1) is 0 Å². The molecular formula is C13H14BrNO2. The summed E-state index contributed by atoms with van der Waals surface area (Å²) in [6.07, 6.45) is 2.69. The van der Waals surface area contributed by atoms with Crippen molar-refractivity contribution < 1.29 is 9.53 Å². The first-order chi connectivity index (χ1) is 8.27. The number of carbonyl (C=O) groups excluding carboxylic acids is 1. The molecule has 2 rings (SSSR count). The van der Waals surface area contributed by atoms with Gasteiger partial charge in [0.25, 0.3) is 0 Å². The van der Waals surface area contributed by atoms with Crippen LogP contribution in [-0.2, 0) is 0 Å². The van der Waals surface area contributed by atoms with Crippen molar-refractivity contribution in [2.75, 3.05) is 11.9 Å². The van der Waals surface area contributed by atoms with Crippen molar-refractivity contribution in [3.63, 3.8) is 0 Å². The molecule has 0 aliphatic heterocycles. The van der Waals surface area contributed by atoms with Crippen molar-refractivity contribution >= 4 is 32.6 Å². The molecule has 0 radical (unpaired) electrons. The minimum absolute atomic E-state index is 0.0591. The van der Waals surface area contributed by atoms with E-state index >= 15 is 0 Å². The average Bonchev–Trinajstić information content (AvgIpc) is 2.79. The number of ether oxygens (including phenoxy) is 1. The Balaban J connectivity index is 2.51. The molecule has 0 unspecified atom stereocenters. The number of halogens is 1. The number of rotatable bonds is 5. The van der Waals surface area contributed by atoms with E-state index in [9.17, 15) is 4.79 Å². The average molecular weight is 296 g/mol. The SMILES string of the molecule is CCCOc1cccc2[nH]cc(C(=O)CBr)c12. The van der Waals surface area contributed by atoms with E-state index in [1.165, 1.54) is 0 Å². The molecule has 2 aromatic rings. The van der Waals surface area contributed by atoms with Gasteiger partial charge in [-0.2, -0.15) is 0 Å². The smallest absolute Gasteiger partial charge is 0.175 e. The molecular weight excluding hydrogens is 282 g/mol. The number of hydrogen-bond acceptors (Lipinski definition) is 2. The van der Waals surface area contributed by atoms with Crippen LogP contribution in [0.3, 0.4) is 0 Å². The molecule has 0 bridgehead atoms. The predicted octanol–water partition coefficient (Wildman–Crippen LogP) is 3.53. The van der Waals surface area contributed by atoms with Crippen LogP contribution in [0.25, 0.3) is 10.9 Å². The Morgan fingerprint density at radius 3 is 3.00 bits per heavy atom. The lowest BCUT2D eigenvalue weighted by Crippen LogP contribution is -2.01. The Morgan fingerprint density at radius 1 is 1.47 bits per heavy atom. The highest BCUT2D eigenvalue weighted by atomic mass is 79.9. The van der Waals surface area contributed by atoms with Crippen molar-refractivity contribution in [1.82, 2.24) is 4.98 Å². The highest BCUT2D eigenvalue weighted by molar-refractivity contribution is 9.09. The Bertz CT molecular complexity index is 533. The normalized spacial score (nSPS) is 10.7. The number of aromatic amines is 1. The van der Waals surface area contributed by atoms with Gasteiger partial charge in [0.2, 0.25) is 0 Å². The molecule has 0 saturated heterocycles. The first-order valence-corrected chi connectivity index (χ1v) is 6.72. The van der Waals surface area contributed by atoms with Gasteiger partial charge in [0.05, 0.1) is 17.3 Å². The summed E-state index contributed by atoms with van der Waals surface area (Å²) in [6.45, 7) is 2.72. The van der Waals surface area contributed by atoms with E-state index in [0.717, 1.165) is 23.1 Å². The molecule has 0 fully saturated rings. The Labute approximate surface area is 108 Å². The second-order valence-electron chi connectivity index (χ2n) is 3.79. The molecule has 0 aliphatic rings. The Morgan fingerprint density at radius 2 is 2.29 bits per heavy atom. The molecule has 0 saturated carbocycles. The minimum atomic E-state index is 0.0591. The van der Waals surface area contributed by atoms with Crippen LogP contribution in [0.5, 0.6) is 5.75 Å². The van der Waals surface area contributed by atoms with Gasteiger partial charge in [-0.25, -0.2) is 0 Å². The highest BCUT2D eigenvalue weighted by Gasteiger charge is 2.14. The van der Waals surface area contributed by atoms with Crippen molar-refractivity contribution in [3.05, 3.63) is 30.0 Å². The van der Waals surface area contributed by atoms with Gasteiger partial charge < -0.3 is 9.72 Å². The van der Waals surface area contributed by atoms with E-state index in [1.54, 1.807) is 6.20 Å². The second kappa shape index (κ2) is 5.36. The standard InChI is InChI=1S/C13H14BrNO2/c1-2-6-17-12-5-3-4-10-13(12)9(8-15-10)11(16)7-14/h3-5,8,15H,2,6-7H2,1H3. The number of fused-ring (bicyclic) bond motifs is 1. The summed E-state index contributed by atoms with van der Waals surface area (Å²) in [5.74, 6) is 0.832. The van der Waals surface area contributed by atoms with Crippen LogP contribution in [0.4, 0.5) is 0 Å². The number of nitrogens with one attached hydrogen (secondary N) is 1. The maximum Gasteiger partial charge on any atom is 0.175 e. The zero-order chi connectivity index (χ0) is 12.3. The summed E-state index contributed by atoms with van der Waals surface area (Å²) >= 11 is 3.19. The fourth-order valence-electron chi connectivity index (χ4n) is 1.78. The molecule has 3 nitrogen and oxygen atoms in total. The maximum atomic E-state index is 11.8. The Hall–Kier alpha value is -1.29.